The number of nitrogens with zero attached hydrogens (tertiary/aromatic N) is 2. The lowest BCUT2D eigenvalue weighted by atomic mass is 10.2. The van der Waals surface area contributed by atoms with Gasteiger partial charge < -0.3 is 9.94 Å². The van der Waals surface area contributed by atoms with Crippen molar-refractivity contribution in [1.82, 2.24) is 5.16 Å². The molecule has 1 aliphatic rings. The van der Waals surface area contributed by atoms with E-state index in [4.69, 9.17) is 4.74 Å². The monoisotopic (exact) mass is 156 g/mol. The summed E-state index contributed by atoms with van der Waals surface area (Å²) in [4.78, 5) is 0.406. The molecule has 0 N–H and O–H groups in total. The molecule has 1 aromatic heterocycles. The van der Waals surface area contributed by atoms with Crippen molar-refractivity contribution >= 4 is 0 Å². The van der Waals surface area contributed by atoms with Gasteiger partial charge in [0.1, 0.15) is 12.2 Å². The van der Waals surface area contributed by atoms with E-state index in [2.05, 4.69) is 9.79 Å². The van der Waals surface area contributed by atoms with Gasteiger partial charge in [-0.1, -0.05) is 0 Å². The van der Waals surface area contributed by atoms with Crippen LogP contribution < -0.4 is 4.90 Å². The van der Waals surface area contributed by atoms with Gasteiger partial charge in [0.05, 0.1) is 0 Å². The predicted octanol–water partition coefficient (Wildman–Crippen LogP) is 0.460. The van der Waals surface area contributed by atoms with E-state index in [1.165, 1.54) is 0 Å². The van der Waals surface area contributed by atoms with Crippen LogP contribution in [0.25, 0.3) is 0 Å². The Bertz CT molecular complexity index is 283. The fourth-order valence-electron chi connectivity index (χ4n) is 1.34. The molecule has 2 atom stereocenters. The van der Waals surface area contributed by atoms with Gasteiger partial charge in [-0.05, 0) is 18.8 Å². The summed E-state index contributed by atoms with van der Waals surface area (Å²) < 4.78 is 9.72. The summed E-state index contributed by atoms with van der Waals surface area (Å²) in [6.45, 7) is 3.64. The molecule has 0 saturated carbocycles. The fourth-order valence-corrected chi connectivity index (χ4v) is 1.34. The van der Waals surface area contributed by atoms with Crippen LogP contribution in [0.2, 0.25) is 0 Å². The van der Waals surface area contributed by atoms with E-state index in [1.807, 2.05) is 6.92 Å². The molecule has 0 fully saturated rings. The SMILES string of the molecule is CC1OC(C)c2c1no[n+]2[O-]. The molecular formula is C6H8N2O3. The molecule has 0 bridgehead atoms. The maximum atomic E-state index is 10.9. The highest BCUT2D eigenvalue weighted by Gasteiger charge is 2.38. The summed E-state index contributed by atoms with van der Waals surface area (Å²) in [5, 5.41) is 14.5. The highest BCUT2D eigenvalue weighted by molar-refractivity contribution is 5.13. The number of hydrogen-bond acceptors (Lipinski definition) is 4. The molecule has 2 unspecified atom stereocenters. The maximum absolute atomic E-state index is 10.9. The molecule has 5 nitrogen and oxygen atoms in total. The Balaban J connectivity index is 2.54. The Morgan fingerprint density at radius 3 is 2.82 bits per heavy atom. The highest BCUT2D eigenvalue weighted by Crippen LogP contribution is 2.34. The van der Waals surface area contributed by atoms with Crippen LogP contribution in [0.3, 0.4) is 0 Å². The van der Waals surface area contributed by atoms with Crippen LogP contribution in [-0.4, -0.2) is 5.16 Å². The van der Waals surface area contributed by atoms with Crippen LogP contribution in [-0.2, 0) is 4.74 Å². The van der Waals surface area contributed by atoms with E-state index in [1.54, 1.807) is 6.92 Å². The van der Waals surface area contributed by atoms with Crippen LogP contribution in [0.5, 0.6) is 0 Å². The topological polar surface area (TPSA) is 62.2 Å². The van der Waals surface area contributed by atoms with E-state index in [9.17, 15) is 5.21 Å². The zero-order chi connectivity index (χ0) is 8.01. The van der Waals surface area contributed by atoms with Gasteiger partial charge in [-0.2, -0.15) is 0 Å². The van der Waals surface area contributed by atoms with Gasteiger partial charge in [0, 0.05) is 5.16 Å². The van der Waals surface area contributed by atoms with Crippen molar-refractivity contribution in [1.29, 1.82) is 0 Å². The van der Waals surface area contributed by atoms with Gasteiger partial charge in [0.2, 0.25) is 5.69 Å². The molecule has 0 aliphatic carbocycles. The first-order chi connectivity index (χ1) is 5.20. The molecule has 0 radical (unpaired) electrons. The first-order valence-corrected chi connectivity index (χ1v) is 3.45. The molecular weight excluding hydrogens is 148 g/mol. The molecule has 2 heterocycles. The summed E-state index contributed by atoms with van der Waals surface area (Å²) in [5.41, 5.74) is 1.12. The number of fused-ring (bicyclic) bond motifs is 1. The highest BCUT2D eigenvalue weighted by atomic mass is 16.8. The maximum Gasteiger partial charge on any atom is 0.252 e. The van der Waals surface area contributed by atoms with Gasteiger partial charge in [0.25, 0.3) is 5.69 Å². The average molecular weight is 156 g/mol. The molecule has 0 aromatic carbocycles. The third-order valence-corrected chi connectivity index (χ3v) is 1.85. The van der Waals surface area contributed by atoms with Crippen molar-refractivity contribution in [2.24, 2.45) is 0 Å². The minimum atomic E-state index is -0.205. The molecule has 5 heteroatoms. The van der Waals surface area contributed by atoms with E-state index >= 15 is 0 Å². The summed E-state index contributed by atoms with van der Waals surface area (Å²) in [5.74, 6) is 0. The zero-order valence-electron chi connectivity index (χ0n) is 6.27. The van der Waals surface area contributed by atoms with Crippen LogP contribution in [0, 0.1) is 5.21 Å². The predicted molar refractivity (Wildman–Crippen MR) is 33.4 cm³/mol. The molecule has 0 amide bonds. The minimum Gasteiger partial charge on any atom is -0.359 e. The molecule has 60 valence electrons. The van der Waals surface area contributed by atoms with Crippen molar-refractivity contribution < 1.29 is 14.3 Å². The Kier molecular flexibility index (Phi) is 1.17. The largest absolute Gasteiger partial charge is 0.359 e. The Hall–Kier alpha value is -1.10. The van der Waals surface area contributed by atoms with E-state index in [0.717, 1.165) is 0 Å². The standard InChI is InChI=1S/C6H8N2O3/c1-3-5-6(4(2)10-3)8(9)11-7-5/h3-4H,1-2H3. The summed E-state index contributed by atoms with van der Waals surface area (Å²) in [7, 11) is 0. The van der Waals surface area contributed by atoms with Gasteiger partial charge in [-0.15, -0.1) is 0 Å². The second-order valence-corrected chi connectivity index (χ2v) is 2.62. The molecule has 0 spiro atoms. The van der Waals surface area contributed by atoms with Crippen LogP contribution in [0.15, 0.2) is 4.63 Å². The van der Waals surface area contributed by atoms with E-state index in [-0.39, 0.29) is 12.2 Å². The van der Waals surface area contributed by atoms with Crippen molar-refractivity contribution in [3.05, 3.63) is 16.6 Å². The Morgan fingerprint density at radius 1 is 1.45 bits per heavy atom. The molecule has 1 aliphatic heterocycles. The van der Waals surface area contributed by atoms with Crippen molar-refractivity contribution in [3.63, 3.8) is 0 Å². The number of ether oxygens (including phenoxy) is 1. The third-order valence-electron chi connectivity index (χ3n) is 1.85. The zero-order valence-corrected chi connectivity index (χ0v) is 6.27. The van der Waals surface area contributed by atoms with Crippen LogP contribution in [0.1, 0.15) is 37.4 Å². The van der Waals surface area contributed by atoms with Crippen molar-refractivity contribution in [2.75, 3.05) is 0 Å². The Morgan fingerprint density at radius 2 is 2.18 bits per heavy atom. The number of rotatable bonds is 0. The van der Waals surface area contributed by atoms with E-state index in [0.29, 0.717) is 16.3 Å². The minimum absolute atomic E-state index is 0.126. The second-order valence-electron chi connectivity index (χ2n) is 2.62. The smallest absolute Gasteiger partial charge is 0.252 e. The lowest BCUT2D eigenvalue weighted by Crippen LogP contribution is -2.28. The lowest BCUT2D eigenvalue weighted by molar-refractivity contribution is -0.809. The van der Waals surface area contributed by atoms with Crippen molar-refractivity contribution in [2.45, 2.75) is 26.1 Å². The van der Waals surface area contributed by atoms with Gasteiger partial charge in [0.15, 0.2) is 0 Å². The lowest BCUT2D eigenvalue weighted by Gasteiger charge is -2.02. The van der Waals surface area contributed by atoms with Crippen LogP contribution >= 0.6 is 0 Å². The first-order valence-electron chi connectivity index (χ1n) is 3.45. The molecule has 11 heavy (non-hydrogen) atoms. The summed E-state index contributed by atoms with van der Waals surface area (Å²) in [6.07, 6.45) is -0.331. The number of hydrogen-bond donors (Lipinski definition) is 0. The van der Waals surface area contributed by atoms with E-state index < -0.39 is 0 Å². The van der Waals surface area contributed by atoms with Crippen LogP contribution in [0.4, 0.5) is 0 Å². The van der Waals surface area contributed by atoms with Gasteiger partial charge in [-0.25, -0.2) is 0 Å². The third kappa shape index (κ3) is 0.742. The normalized spacial score (nSPS) is 28.9. The summed E-state index contributed by atoms with van der Waals surface area (Å²) in [6, 6.07) is 0. The first kappa shape index (κ1) is 6.60. The Labute approximate surface area is 63.1 Å². The quantitative estimate of drug-likeness (QED) is 0.512. The van der Waals surface area contributed by atoms with Gasteiger partial charge in [-0.3, -0.25) is 4.63 Å². The molecule has 1 aromatic rings. The average Bonchev–Trinajstić information content (AvgIpc) is 2.41. The van der Waals surface area contributed by atoms with Crippen molar-refractivity contribution in [3.8, 4) is 0 Å². The van der Waals surface area contributed by atoms with Gasteiger partial charge >= 0.3 is 0 Å². The summed E-state index contributed by atoms with van der Waals surface area (Å²) >= 11 is 0. The molecule has 2 rings (SSSR count). The number of aromatic nitrogens is 2. The second kappa shape index (κ2) is 1.94. The fraction of sp³-hybridized carbons (Fsp3) is 0.667. The molecule has 0 saturated heterocycles.